The molecule has 1 unspecified atom stereocenters. The van der Waals surface area contributed by atoms with Crippen LogP contribution >= 0.6 is 0 Å². The first-order chi connectivity index (χ1) is 11.8. The number of rotatable bonds is 4. The van der Waals surface area contributed by atoms with Gasteiger partial charge in [0.05, 0.1) is 25.8 Å². The summed E-state index contributed by atoms with van der Waals surface area (Å²) in [6, 6.07) is 4.63. The van der Waals surface area contributed by atoms with Crippen LogP contribution in [0.5, 0.6) is 11.5 Å². The first-order valence-electron chi connectivity index (χ1n) is 8.53. The highest BCUT2D eigenvalue weighted by Gasteiger charge is 2.36. The summed E-state index contributed by atoms with van der Waals surface area (Å²) in [4.78, 5) is 27.2. The van der Waals surface area contributed by atoms with Gasteiger partial charge >= 0.3 is 6.09 Å². The predicted molar refractivity (Wildman–Crippen MR) is 94.5 cm³/mol. The zero-order valence-electron chi connectivity index (χ0n) is 15.6. The van der Waals surface area contributed by atoms with Crippen LogP contribution in [0.15, 0.2) is 18.2 Å². The Kier molecular flexibility index (Phi) is 5.93. The lowest BCUT2D eigenvalue weighted by molar-refractivity contribution is 0.0104. The second kappa shape index (κ2) is 7.76. The van der Waals surface area contributed by atoms with Gasteiger partial charge < -0.3 is 14.2 Å². The molecule has 1 aliphatic rings. The van der Waals surface area contributed by atoms with E-state index in [4.69, 9.17) is 14.2 Å². The molecule has 0 bridgehead atoms. The van der Waals surface area contributed by atoms with Crippen LogP contribution in [0.4, 0.5) is 4.79 Å². The molecule has 0 aliphatic carbocycles. The highest BCUT2D eigenvalue weighted by Crippen LogP contribution is 2.33. The highest BCUT2D eigenvalue weighted by atomic mass is 16.6. The van der Waals surface area contributed by atoms with Crippen LogP contribution in [0.3, 0.4) is 0 Å². The number of methoxy groups -OCH3 is 2. The van der Waals surface area contributed by atoms with Crippen molar-refractivity contribution < 1.29 is 23.8 Å². The molecule has 1 amide bonds. The number of nitrogens with zero attached hydrogens (tertiary/aromatic N) is 1. The SMILES string of the molecule is COc1cccc(C(=O)C2CCCCN2C(=O)OC(C)(C)C)c1OC. The Morgan fingerprint density at radius 2 is 1.84 bits per heavy atom. The topological polar surface area (TPSA) is 65.1 Å². The van der Waals surface area contributed by atoms with Crippen LogP contribution in [0.1, 0.15) is 50.4 Å². The van der Waals surface area contributed by atoms with Gasteiger partial charge in [0, 0.05) is 6.54 Å². The van der Waals surface area contributed by atoms with Crippen molar-refractivity contribution in [2.45, 2.75) is 51.7 Å². The Balaban J connectivity index is 2.31. The number of carbonyl (C=O) groups excluding carboxylic acids is 2. The van der Waals surface area contributed by atoms with E-state index in [1.54, 1.807) is 18.2 Å². The largest absolute Gasteiger partial charge is 0.493 e. The minimum absolute atomic E-state index is 0.152. The Morgan fingerprint density at radius 3 is 2.44 bits per heavy atom. The number of ketones is 1. The van der Waals surface area contributed by atoms with Crippen LogP contribution in [0, 0.1) is 0 Å². The molecule has 138 valence electrons. The van der Waals surface area contributed by atoms with Crippen LogP contribution in [-0.4, -0.2) is 49.2 Å². The lowest BCUT2D eigenvalue weighted by Crippen LogP contribution is -2.49. The van der Waals surface area contributed by atoms with Crippen LogP contribution < -0.4 is 9.47 Å². The van der Waals surface area contributed by atoms with Gasteiger partial charge in [0.15, 0.2) is 17.3 Å². The van der Waals surface area contributed by atoms with Crippen molar-refractivity contribution in [3.8, 4) is 11.5 Å². The van der Waals surface area contributed by atoms with Gasteiger partial charge in [-0.05, 0) is 52.2 Å². The zero-order chi connectivity index (χ0) is 18.6. The van der Waals surface area contributed by atoms with Gasteiger partial charge in [-0.1, -0.05) is 6.07 Å². The van der Waals surface area contributed by atoms with Crippen molar-refractivity contribution in [3.05, 3.63) is 23.8 Å². The highest BCUT2D eigenvalue weighted by molar-refractivity contribution is 6.04. The summed E-state index contributed by atoms with van der Waals surface area (Å²) in [5.41, 5.74) is -0.183. The van der Waals surface area contributed by atoms with Crippen molar-refractivity contribution in [1.29, 1.82) is 0 Å². The third-order valence-electron chi connectivity index (χ3n) is 4.10. The molecular formula is C19H27NO5. The lowest BCUT2D eigenvalue weighted by Gasteiger charge is -2.36. The molecule has 1 heterocycles. The molecule has 0 saturated carbocycles. The van der Waals surface area contributed by atoms with Crippen molar-refractivity contribution in [3.63, 3.8) is 0 Å². The summed E-state index contributed by atoms with van der Waals surface area (Å²) in [6.45, 7) is 5.96. The molecule has 1 atom stereocenters. The average molecular weight is 349 g/mol. The molecule has 1 saturated heterocycles. The Hall–Kier alpha value is -2.24. The maximum Gasteiger partial charge on any atom is 0.410 e. The first-order valence-corrected chi connectivity index (χ1v) is 8.53. The Morgan fingerprint density at radius 1 is 1.12 bits per heavy atom. The number of Topliss-reactive ketones (excluding diaryl/α,β-unsaturated/α-hetero) is 1. The molecule has 1 aromatic rings. The van der Waals surface area contributed by atoms with Crippen LogP contribution in [0.25, 0.3) is 0 Å². The number of ether oxygens (including phenoxy) is 3. The van der Waals surface area contributed by atoms with E-state index in [1.165, 1.54) is 19.1 Å². The molecule has 0 spiro atoms. The summed E-state index contributed by atoms with van der Waals surface area (Å²) in [6.07, 6.45) is 1.91. The summed E-state index contributed by atoms with van der Waals surface area (Å²) < 4.78 is 16.1. The lowest BCUT2D eigenvalue weighted by atomic mass is 9.94. The van der Waals surface area contributed by atoms with Gasteiger partial charge in [-0.3, -0.25) is 9.69 Å². The average Bonchev–Trinajstić information content (AvgIpc) is 2.58. The van der Waals surface area contributed by atoms with E-state index in [2.05, 4.69) is 0 Å². The van der Waals surface area contributed by atoms with E-state index in [1.807, 2.05) is 20.8 Å². The third-order valence-corrected chi connectivity index (χ3v) is 4.10. The molecule has 1 fully saturated rings. The fraction of sp³-hybridized carbons (Fsp3) is 0.579. The number of para-hydroxylation sites is 1. The van der Waals surface area contributed by atoms with Gasteiger partial charge in [-0.2, -0.15) is 0 Å². The molecule has 0 radical (unpaired) electrons. The first kappa shape index (κ1) is 19.1. The van der Waals surface area contributed by atoms with Crippen molar-refractivity contribution in [2.75, 3.05) is 20.8 Å². The number of hydrogen-bond donors (Lipinski definition) is 0. The van der Waals surface area contributed by atoms with Crippen molar-refractivity contribution >= 4 is 11.9 Å². The molecule has 1 aromatic carbocycles. The minimum Gasteiger partial charge on any atom is -0.493 e. The number of benzene rings is 1. The van der Waals surface area contributed by atoms with E-state index < -0.39 is 17.7 Å². The van der Waals surface area contributed by atoms with Gasteiger partial charge in [-0.25, -0.2) is 4.79 Å². The van der Waals surface area contributed by atoms with Crippen LogP contribution in [-0.2, 0) is 4.74 Å². The molecule has 25 heavy (non-hydrogen) atoms. The minimum atomic E-state index is -0.601. The van der Waals surface area contributed by atoms with E-state index in [-0.39, 0.29) is 5.78 Å². The van der Waals surface area contributed by atoms with E-state index in [0.717, 1.165) is 12.8 Å². The van der Waals surface area contributed by atoms with Gasteiger partial charge in [-0.15, -0.1) is 0 Å². The summed E-state index contributed by atoms with van der Waals surface area (Å²) in [7, 11) is 3.03. The smallest absolute Gasteiger partial charge is 0.410 e. The van der Waals surface area contributed by atoms with Gasteiger partial charge in [0.25, 0.3) is 0 Å². The standard InChI is InChI=1S/C19H27NO5/c1-19(2,3)25-18(22)20-12-7-6-10-14(20)16(21)13-9-8-11-15(23-4)17(13)24-5/h8-9,11,14H,6-7,10,12H2,1-5H3. The fourth-order valence-corrected chi connectivity index (χ4v) is 3.00. The number of piperidine rings is 1. The molecule has 0 N–H and O–H groups in total. The number of carbonyl (C=O) groups is 2. The predicted octanol–water partition coefficient (Wildman–Crippen LogP) is 3.68. The molecule has 6 heteroatoms. The summed E-state index contributed by atoms with van der Waals surface area (Å²) in [5.74, 6) is 0.735. The number of hydrogen-bond acceptors (Lipinski definition) is 5. The zero-order valence-corrected chi connectivity index (χ0v) is 15.6. The normalized spacial score (nSPS) is 17.8. The van der Waals surface area contributed by atoms with Crippen molar-refractivity contribution in [1.82, 2.24) is 4.90 Å². The summed E-state index contributed by atoms with van der Waals surface area (Å²) in [5, 5.41) is 0. The maximum atomic E-state index is 13.1. The van der Waals surface area contributed by atoms with Gasteiger partial charge in [0.1, 0.15) is 5.60 Å². The van der Waals surface area contributed by atoms with Crippen LogP contribution in [0.2, 0.25) is 0 Å². The number of amides is 1. The Labute approximate surface area is 149 Å². The fourth-order valence-electron chi connectivity index (χ4n) is 3.00. The Bertz CT molecular complexity index is 635. The molecular weight excluding hydrogens is 322 g/mol. The monoisotopic (exact) mass is 349 g/mol. The molecule has 2 rings (SSSR count). The second-order valence-electron chi connectivity index (χ2n) is 7.09. The maximum absolute atomic E-state index is 13.1. The quantitative estimate of drug-likeness (QED) is 0.776. The van der Waals surface area contributed by atoms with E-state index >= 15 is 0 Å². The van der Waals surface area contributed by atoms with E-state index in [0.29, 0.717) is 30.0 Å². The molecule has 6 nitrogen and oxygen atoms in total. The van der Waals surface area contributed by atoms with Gasteiger partial charge in [0.2, 0.25) is 0 Å². The number of likely N-dealkylation sites (tertiary alicyclic amines) is 1. The molecule has 1 aliphatic heterocycles. The molecule has 0 aromatic heterocycles. The van der Waals surface area contributed by atoms with E-state index in [9.17, 15) is 9.59 Å². The summed E-state index contributed by atoms with van der Waals surface area (Å²) >= 11 is 0. The third kappa shape index (κ3) is 4.44. The van der Waals surface area contributed by atoms with Crippen molar-refractivity contribution in [2.24, 2.45) is 0 Å². The second-order valence-corrected chi connectivity index (χ2v) is 7.09.